The highest BCUT2D eigenvalue weighted by molar-refractivity contribution is 7.80. The molecule has 0 aliphatic rings. The summed E-state index contributed by atoms with van der Waals surface area (Å²) in [4.78, 5) is 2.69. The number of hydrogen-bond donors (Lipinski definition) is 2. The molecule has 0 spiro atoms. The quantitative estimate of drug-likeness (QED) is 0.744. The molecule has 1 aromatic carbocycles. The number of nitrogens with two attached hydrogens (primary N) is 1. The maximum Gasteiger partial charge on any atom is 0.115 e. The normalized spacial score (nSPS) is 10.5. The molecule has 82 valence electrons. The predicted octanol–water partition coefficient (Wildman–Crippen LogP) is 1.50. The van der Waals surface area contributed by atoms with E-state index in [1.54, 1.807) is 12.1 Å². The van der Waals surface area contributed by atoms with Crippen LogP contribution in [-0.4, -0.2) is 28.6 Å². The Morgan fingerprint density at radius 1 is 1.40 bits per heavy atom. The first-order valence-electron chi connectivity index (χ1n) is 4.82. The Morgan fingerprint density at radius 3 is 2.53 bits per heavy atom. The van der Waals surface area contributed by atoms with Crippen LogP contribution in [0, 0.1) is 0 Å². The van der Waals surface area contributed by atoms with Crippen molar-refractivity contribution in [1.29, 1.82) is 0 Å². The first kappa shape index (κ1) is 11.9. The van der Waals surface area contributed by atoms with E-state index >= 15 is 0 Å². The molecule has 0 heterocycles. The molecule has 1 aromatic rings. The second-order valence-electron chi connectivity index (χ2n) is 3.62. The molecule has 0 atom stereocenters. The van der Waals surface area contributed by atoms with E-state index in [4.69, 9.17) is 23.1 Å². The molecule has 0 amide bonds. The van der Waals surface area contributed by atoms with Gasteiger partial charge in [0.05, 0.1) is 4.99 Å². The Morgan fingerprint density at radius 2 is 2.00 bits per heavy atom. The zero-order valence-corrected chi connectivity index (χ0v) is 9.63. The molecular formula is C11H16N2OS. The number of aromatic hydroxyl groups is 1. The Hall–Kier alpha value is -1.13. The van der Waals surface area contributed by atoms with Crippen LogP contribution in [0.2, 0.25) is 0 Å². The Balaban J connectivity index is 2.40. The highest BCUT2D eigenvalue weighted by Gasteiger charge is 2.00. The molecule has 3 N–H and O–H groups in total. The van der Waals surface area contributed by atoms with Crippen LogP contribution in [0.5, 0.6) is 5.75 Å². The number of phenols is 1. The van der Waals surface area contributed by atoms with E-state index in [1.165, 1.54) is 5.56 Å². The van der Waals surface area contributed by atoms with Crippen LogP contribution >= 0.6 is 12.2 Å². The average molecular weight is 224 g/mol. The molecule has 3 nitrogen and oxygen atoms in total. The second-order valence-corrected chi connectivity index (χ2v) is 4.14. The van der Waals surface area contributed by atoms with Crippen LogP contribution in [0.25, 0.3) is 0 Å². The summed E-state index contributed by atoms with van der Waals surface area (Å²) in [6.45, 7) is 1.69. The van der Waals surface area contributed by atoms with Crippen LogP contribution in [0.4, 0.5) is 0 Å². The number of hydrogen-bond acceptors (Lipinski definition) is 3. The van der Waals surface area contributed by atoms with Crippen molar-refractivity contribution in [3.05, 3.63) is 29.8 Å². The van der Waals surface area contributed by atoms with Crippen molar-refractivity contribution in [2.75, 3.05) is 13.6 Å². The van der Waals surface area contributed by atoms with Crippen molar-refractivity contribution >= 4 is 17.2 Å². The first-order valence-corrected chi connectivity index (χ1v) is 5.23. The van der Waals surface area contributed by atoms with E-state index in [9.17, 15) is 0 Å². The van der Waals surface area contributed by atoms with Crippen molar-refractivity contribution in [2.24, 2.45) is 5.73 Å². The molecule has 0 bridgehead atoms. The van der Waals surface area contributed by atoms with Gasteiger partial charge in [-0.2, -0.15) is 0 Å². The van der Waals surface area contributed by atoms with Crippen LogP contribution in [-0.2, 0) is 6.54 Å². The van der Waals surface area contributed by atoms with Crippen LogP contribution in [0.1, 0.15) is 12.0 Å². The number of thiocarbonyl (C=S) groups is 1. The zero-order chi connectivity index (χ0) is 11.3. The molecule has 0 fully saturated rings. The summed E-state index contributed by atoms with van der Waals surface area (Å²) in [7, 11) is 2.02. The minimum absolute atomic E-state index is 0.296. The molecule has 15 heavy (non-hydrogen) atoms. The van der Waals surface area contributed by atoms with Crippen LogP contribution in [0.3, 0.4) is 0 Å². The van der Waals surface area contributed by atoms with Crippen molar-refractivity contribution in [3.8, 4) is 5.75 Å². The number of phenolic OH excluding ortho intramolecular Hbond substituents is 1. The zero-order valence-electron chi connectivity index (χ0n) is 8.81. The minimum Gasteiger partial charge on any atom is -0.508 e. The smallest absolute Gasteiger partial charge is 0.115 e. The van der Waals surface area contributed by atoms with Gasteiger partial charge in [-0.3, -0.25) is 0 Å². The SMILES string of the molecule is CN(CCC(N)=S)Cc1ccc(O)cc1. The lowest BCUT2D eigenvalue weighted by atomic mass is 10.2. The van der Waals surface area contributed by atoms with Gasteiger partial charge in [-0.05, 0) is 24.7 Å². The lowest BCUT2D eigenvalue weighted by molar-refractivity contribution is 0.337. The highest BCUT2D eigenvalue weighted by Crippen LogP contribution is 2.11. The summed E-state index contributed by atoms with van der Waals surface area (Å²) in [6, 6.07) is 7.20. The molecule has 0 radical (unpaired) electrons. The predicted molar refractivity (Wildman–Crippen MR) is 65.8 cm³/mol. The fraction of sp³-hybridized carbons (Fsp3) is 0.364. The molecule has 0 aliphatic carbocycles. The van der Waals surface area contributed by atoms with Crippen molar-refractivity contribution < 1.29 is 5.11 Å². The second kappa shape index (κ2) is 5.68. The van der Waals surface area contributed by atoms with Gasteiger partial charge in [-0.1, -0.05) is 24.4 Å². The molecule has 0 saturated carbocycles. The maximum atomic E-state index is 9.12. The van der Waals surface area contributed by atoms with E-state index in [2.05, 4.69) is 4.90 Å². The van der Waals surface area contributed by atoms with Gasteiger partial charge in [0.2, 0.25) is 0 Å². The number of rotatable bonds is 5. The monoisotopic (exact) mass is 224 g/mol. The van der Waals surface area contributed by atoms with Crippen LogP contribution < -0.4 is 5.73 Å². The molecule has 4 heteroatoms. The third kappa shape index (κ3) is 4.76. The van der Waals surface area contributed by atoms with Gasteiger partial charge >= 0.3 is 0 Å². The minimum atomic E-state index is 0.296. The van der Waals surface area contributed by atoms with Gasteiger partial charge in [0.25, 0.3) is 0 Å². The molecule has 0 unspecified atom stereocenters. The van der Waals surface area contributed by atoms with E-state index in [0.29, 0.717) is 10.7 Å². The summed E-state index contributed by atoms with van der Waals surface area (Å²) in [5.74, 6) is 0.296. The lowest BCUT2D eigenvalue weighted by Gasteiger charge is -2.16. The standard InChI is InChI=1S/C11H16N2OS/c1-13(7-6-11(12)15)8-9-2-4-10(14)5-3-9/h2-5,14H,6-8H2,1H3,(H2,12,15). The topological polar surface area (TPSA) is 49.5 Å². The van der Waals surface area contributed by atoms with Gasteiger partial charge in [-0.15, -0.1) is 0 Å². The van der Waals surface area contributed by atoms with E-state index in [0.717, 1.165) is 19.5 Å². The number of benzene rings is 1. The molecule has 0 saturated heterocycles. The van der Waals surface area contributed by atoms with Gasteiger partial charge in [0.1, 0.15) is 5.75 Å². The molecule has 0 aliphatic heterocycles. The summed E-state index contributed by atoms with van der Waals surface area (Å²) < 4.78 is 0. The Labute approximate surface area is 95.5 Å². The van der Waals surface area contributed by atoms with Gasteiger partial charge in [0, 0.05) is 19.5 Å². The van der Waals surface area contributed by atoms with Gasteiger partial charge in [0.15, 0.2) is 0 Å². The molecular weight excluding hydrogens is 208 g/mol. The first-order chi connectivity index (χ1) is 7.08. The Kier molecular flexibility index (Phi) is 4.52. The maximum absolute atomic E-state index is 9.12. The molecule has 1 rings (SSSR count). The fourth-order valence-corrected chi connectivity index (χ4v) is 1.38. The third-order valence-electron chi connectivity index (χ3n) is 2.13. The summed E-state index contributed by atoms with van der Waals surface area (Å²) in [6.07, 6.45) is 0.740. The lowest BCUT2D eigenvalue weighted by Crippen LogP contribution is -2.23. The number of nitrogens with zero attached hydrogens (tertiary/aromatic N) is 1. The third-order valence-corrected chi connectivity index (χ3v) is 2.33. The van der Waals surface area contributed by atoms with Crippen molar-refractivity contribution in [3.63, 3.8) is 0 Å². The van der Waals surface area contributed by atoms with E-state index in [1.807, 2.05) is 19.2 Å². The van der Waals surface area contributed by atoms with Crippen molar-refractivity contribution in [2.45, 2.75) is 13.0 Å². The summed E-state index contributed by atoms with van der Waals surface area (Å²) >= 11 is 4.81. The molecule has 0 aromatic heterocycles. The van der Waals surface area contributed by atoms with E-state index < -0.39 is 0 Å². The van der Waals surface area contributed by atoms with Gasteiger partial charge in [-0.25, -0.2) is 0 Å². The van der Waals surface area contributed by atoms with E-state index in [-0.39, 0.29) is 0 Å². The average Bonchev–Trinajstić information content (AvgIpc) is 2.19. The summed E-state index contributed by atoms with van der Waals surface area (Å²) in [5, 5.41) is 9.12. The van der Waals surface area contributed by atoms with Crippen LogP contribution in [0.15, 0.2) is 24.3 Å². The van der Waals surface area contributed by atoms with Gasteiger partial charge < -0.3 is 15.7 Å². The highest BCUT2D eigenvalue weighted by atomic mass is 32.1. The Bertz CT molecular complexity index is 324. The van der Waals surface area contributed by atoms with Crippen molar-refractivity contribution in [1.82, 2.24) is 4.90 Å². The fourth-order valence-electron chi connectivity index (χ4n) is 1.29. The largest absolute Gasteiger partial charge is 0.508 e. The summed E-state index contributed by atoms with van der Waals surface area (Å²) in [5.41, 5.74) is 6.59.